The molecule has 0 bridgehead atoms. The Labute approximate surface area is 326 Å². The fraction of sp³-hybridized carbons (Fsp3) is 0.286. The molecule has 0 radical (unpaired) electrons. The van der Waals surface area contributed by atoms with Crippen LogP contribution < -0.4 is 32.3 Å². The van der Waals surface area contributed by atoms with Crippen LogP contribution in [-0.2, 0) is 0 Å². The average molecular weight is 759 g/mol. The minimum absolute atomic E-state index is 0.140. The van der Waals surface area contributed by atoms with Gasteiger partial charge in [0.05, 0.1) is 33.5 Å². The van der Waals surface area contributed by atoms with Crippen LogP contribution in [0.1, 0.15) is 72.1 Å². The summed E-state index contributed by atoms with van der Waals surface area (Å²) in [5.41, 5.74) is 10.1. The van der Waals surface area contributed by atoms with E-state index < -0.39 is 0 Å². The van der Waals surface area contributed by atoms with Crippen molar-refractivity contribution in [3.63, 3.8) is 0 Å². The van der Waals surface area contributed by atoms with E-state index >= 15 is 0 Å². The number of pyridine rings is 4. The summed E-state index contributed by atoms with van der Waals surface area (Å²) >= 11 is 5.87. The van der Waals surface area contributed by atoms with Crippen LogP contribution in [0.15, 0.2) is 97.3 Å². The first-order chi connectivity index (χ1) is 26.8. The zero-order valence-electron chi connectivity index (χ0n) is 31.1. The number of carbonyl (C=O) groups is 2. The number of carbonyl (C=O) groups excluding carboxylic acids is 2. The molecule has 2 aliphatic carbocycles. The number of nitrogens with one attached hydrogen (secondary N) is 5. The van der Waals surface area contributed by atoms with Gasteiger partial charge in [0.1, 0.15) is 22.6 Å². The molecule has 2 aliphatic rings. The lowest BCUT2D eigenvalue weighted by molar-refractivity contribution is 0.0955. The first-order valence-corrected chi connectivity index (χ1v) is 19.0. The molecular formula is C42H47ClN10O2. The van der Waals surface area contributed by atoms with E-state index in [1.165, 1.54) is 31.9 Å². The predicted molar refractivity (Wildman–Crippen MR) is 223 cm³/mol. The summed E-state index contributed by atoms with van der Waals surface area (Å²) in [6.07, 6.45) is 12.6. The molecule has 4 heterocycles. The maximum atomic E-state index is 12.2. The lowest BCUT2D eigenvalue weighted by Gasteiger charge is -2.17. The van der Waals surface area contributed by atoms with E-state index in [-0.39, 0.29) is 11.8 Å². The van der Waals surface area contributed by atoms with Crippen molar-refractivity contribution in [2.24, 2.45) is 0 Å². The Bertz CT molecular complexity index is 2240. The van der Waals surface area contributed by atoms with Gasteiger partial charge in [-0.05, 0) is 68.1 Å². The van der Waals surface area contributed by atoms with Gasteiger partial charge >= 0.3 is 0 Å². The number of aromatic nitrogens is 4. The highest BCUT2D eigenvalue weighted by Crippen LogP contribution is 2.28. The van der Waals surface area contributed by atoms with Gasteiger partial charge in [0.15, 0.2) is 0 Å². The third-order valence-corrected chi connectivity index (χ3v) is 9.83. The minimum Gasteiger partial charge on any atom is -0.384 e. The summed E-state index contributed by atoms with van der Waals surface area (Å²) in [5, 5.41) is 18.1. The molecule has 0 aliphatic heterocycles. The molecule has 12 nitrogen and oxygen atoms in total. The number of anilines is 5. The van der Waals surface area contributed by atoms with Crippen molar-refractivity contribution >= 4 is 74.0 Å². The third kappa shape index (κ3) is 10.6. The van der Waals surface area contributed by atoms with Crippen molar-refractivity contribution in [2.45, 2.75) is 63.5 Å². The monoisotopic (exact) mass is 758 g/mol. The number of nitrogen functional groups attached to an aromatic ring is 1. The summed E-state index contributed by atoms with van der Waals surface area (Å²) < 4.78 is 0. The number of amides is 2. The number of fused-ring (bicyclic) bond motifs is 2. The molecule has 2 fully saturated rings. The SMILES string of the molecule is CNC(=O)c1cnc(Cl)cc1NC1CCCC1.CNC(=O)c1cnc(Nc2ccc3ccccc3n2)cc1NC1CCCC1.Nc1ccc2ccccc2n1. The Morgan fingerprint density at radius 3 is 1.73 bits per heavy atom. The van der Waals surface area contributed by atoms with E-state index in [1.54, 1.807) is 26.4 Å². The molecule has 6 aromatic rings. The molecule has 0 unspecified atom stereocenters. The van der Waals surface area contributed by atoms with E-state index in [2.05, 4.69) is 46.5 Å². The van der Waals surface area contributed by atoms with Gasteiger partial charge in [-0.1, -0.05) is 73.7 Å². The molecule has 0 spiro atoms. The summed E-state index contributed by atoms with van der Waals surface area (Å²) in [7, 11) is 3.24. The first-order valence-electron chi connectivity index (χ1n) is 18.7. The van der Waals surface area contributed by atoms with Gasteiger partial charge in [-0.15, -0.1) is 0 Å². The van der Waals surface area contributed by atoms with Crippen LogP contribution in [0.5, 0.6) is 0 Å². The highest BCUT2D eigenvalue weighted by Gasteiger charge is 2.20. The van der Waals surface area contributed by atoms with E-state index in [1.807, 2.05) is 78.9 Å². The predicted octanol–water partition coefficient (Wildman–Crippen LogP) is 8.35. The molecule has 0 saturated heterocycles. The second-order valence-electron chi connectivity index (χ2n) is 13.5. The zero-order valence-corrected chi connectivity index (χ0v) is 31.9. The topological polar surface area (TPSA) is 172 Å². The summed E-state index contributed by atoms with van der Waals surface area (Å²) in [5.74, 6) is 1.67. The second kappa shape index (κ2) is 18.8. The number of hydrogen-bond acceptors (Lipinski definition) is 10. The Morgan fingerprint density at radius 2 is 1.15 bits per heavy atom. The smallest absolute Gasteiger partial charge is 0.254 e. The quantitative estimate of drug-likeness (QED) is 0.0829. The van der Waals surface area contributed by atoms with E-state index in [0.29, 0.717) is 40.0 Å². The van der Waals surface area contributed by atoms with Gasteiger partial charge < -0.3 is 32.3 Å². The number of para-hydroxylation sites is 2. The second-order valence-corrected chi connectivity index (χ2v) is 13.9. The van der Waals surface area contributed by atoms with Crippen molar-refractivity contribution in [3.05, 3.63) is 114 Å². The van der Waals surface area contributed by atoms with Gasteiger partial charge in [-0.2, -0.15) is 0 Å². The highest BCUT2D eigenvalue weighted by atomic mass is 35.5. The largest absolute Gasteiger partial charge is 0.384 e. The highest BCUT2D eigenvalue weighted by molar-refractivity contribution is 6.29. The Kier molecular flexibility index (Phi) is 13.3. The summed E-state index contributed by atoms with van der Waals surface area (Å²) in [6.45, 7) is 0. The standard InChI is InChI=1S/C21H23N5O.C12H16ClN3O.C9H8N2/c1-22-21(27)16-13-23-20(12-18(16)24-15-7-3-4-8-15)26-19-11-10-14-6-2-5-9-17(14)25-19;1-14-12(17)9-7-15-11(13)6-10(9)16-8-4-2-3-5-8;10-9-6-5-7-3-1-2-4-8(7)11-9/h2,5-6,9-13,15H,3-4,7-8H2,1H3,(H,22,27)(H2,23,24,25,26);6-8H,2-5H2,1H3,(H,14,17)(H,15,16);1-6H,(H2,10,11). The number of rotatable bonds is 8. The number of nitrogens with two attached hydrogens (primary N) is 1. The molecule has 2 aromatic carbocycles. The Hall–Kier alpha value is -6.01. The Balaban J connectivity index is 0.000000156. The van der Waals surface area contributed by atoms with Crippen LogP contribution in [0.2, 0.25) is 5.15 Å². The van der Waals surface area contributed by atoms with Gasteiger partial charge in [-0.3, -0.25) is 9.59 Å². The molecule has 8 rings (SSSR count). The van der Waals surface area contributed by atoms with Crippen molar-refractivity contribution < 1.29 is 9.59 Å². The average Bonchev–Trinajstić information content (AvgIpc) is 3.93. The zero-order chi connectivity index (χ0) is 38.6. The van der Waals surface area contributed by atoms with Gasteiger partial charge in [0.2, 0.25) is 0 Å². The van der Waals surface area contributed by atoms with Crippen LogP contribution in [0.4, 0.5) is 28.8 Å². The lowest BCUT2D eigenvalue weighted by atomic mass is 10.1. The minimum atomic E-state index is -0.144. The van der Waals surface area contributed by atoms with Gasteiger partial charge in [0, 0.05) is 55.4 Å². The maximum absolute atomic E-state index is 12.2. The number of nitrogens with zero attached hydrogens (tertiary/aromatic N) is 4. The molecule has 13 heteroatoms. The Morgan fingerprint density at radius 1 is 0.636 bits per heavy atom. The summed E-state index contributed by atoms with van der Waals surface area (Å²) in [6, 6.07) is 28.1. The molecule has 7 N–H and O–H groups in total. The van der Waals surface area contributed by atoms with Crippen molar-refractivity contribution in [1.29, 1.82) is 0 Å². The van der Waals surface area contributed by atoms with Crippen LogP contribution >= 0.6 is 11.6 Å². The van der Waals surface area contributed by atoms with Crippen LogP contribution in [-0.4, -0.2) is 57.9 Å². The molecular weight excluding hydrogens is 712 g/mol. The van der Waals surface area contributed by atoms with E-state index in [9.17, 15) is 9.59 Å². The molecule has 284 valence electrons. The number of benzene rings is 2. The maximum Gasteiger partial charge on any atom is 0.254 e. The van der Waals surface area contributed by atoms with Crippen LogP contribution in [0, 0.1) is 0 Å². The third-order valence-electron chi connectivity index (χ3n) is 9.62. The van der Waals surface area contributed by atoms with Crippen LogP contribution in [0.3, 0.4) is 0 Å². The van der Waals surface area contributed by atoms with Crippen molar-refractivity contribution in [1.82, 2.24) is 30.6 Å². The molecule has 2 saturated carbocycles. The van der Waals surface area contributed by atoms with Crippen molar-refractivity contribution in [2.75, 3.05) is 35.8 Å². The van der Waals surface area contributed by atoms with Crippen molar-refractivity contribution in [3.8, 4) is 0 Å². The number of hydrogen-bond donors (Lipinski definition) is 6. The van der Waals surface area contributed by atoms with Crippen LogP contribution in [0.25, 0.3) is 21.8 Å². The van der Waals surface area contributed by atoms with Gasteiger partial charge in [-0.25, -0.2) is 19.9 Å². The molecule has 2 amide bonds. The first kappa shape index (κ1) is 38.7. The van der Waals surface area contributed by atoms with E-state index in [0.717, 1.165) is 64.7 Å². The fourth-order valence-corrected chi connectivity index (χ4v) is 6.91. The van der Waals surface area contributed by atoms with Gasteiger partial charge in [0.25, 0.3) is 11.8 Å². The lowest BCUT2D eigenvalue weighted by Crippen LogP contribution is -2.23. The molecule has 0 atom stereocenters. The van der Waals surface area contributed by atoms with E-state index in [4.69, 9.17) is 17.3 Å². The number of halogens is 1. The molecule has 55 heavy (non-hydrogen) atoms. The fourth-order valence-electron chi connectivity index (χ4n) is 6.75. The normalized spacial score (nSPS) is 13.9. The summed E-state index contributed by atoms with van der Waals surface area (Å²) in [4.78, 5) is 41.0. The molecule has 4 aromatic heterocycles.